The maximum absolute atomic E-state index is 12.3. The Hall–Kier alpha value is -2.31. The van der Waals surface area contributed by atoms with Gasteiger partial charge < -0.3 is 0 Å². The first-order chi connectivity index (χ1) is 11.0. The number of rotatable bonds is 3. The monoisotopic (exact) mass is 316 g/mol. The van der Waals surface area contributed by atoms with Gasteiger partial charge in [0.25, 0.3) is 0 Å². The first-order valence-corrected chi connectivity index (χ1v) is 7.93. The standard InChI is InChI=1S/C16H20N4O3/c1-9-7-10(2)18-16(17-9)19-13(21)8-20-14(22)11-5-3-4-6-12(11)15(20)23/h7,11-12H,3-6,8H2,1-2H3,(H,17,18,19,21)/t11-,12-/m0/s1. The van der Waals surface area contributed by atoms with E-state index in [-0.39, 0.29) is 36.1 Å². The number of likely N-dealkylation sites (tertiary alicyclic amines) is 1. The van der Waals surface area contributed by atoms with Gasteiger partial charge >= 0.3 is 0 Å². The van der Waals surface area contributed by atoms with E-state index in [1.165, 1.54) is 0 Å². The molecule has 0 bridgehead atoms. The zero-order chi connectivity index (χ0) is 16.6. The lowest BCUT2D eigenvalue weighted by molar-refractivity contribution is -0.142. The number of carbonyl (C=O) groups is 3. The summed E-state index contributed by atoms with van der Waals surface area (Å²) < 4.78 is 0. The zero-order valence-corrected chi connectivity index (χ0v) is 13.3. The maximum atomic E-state index is 12.3. The number of fused-ring (bicyclic) bond motifs is 1. The molecule has 23 heavy (non-hydrogen) atoms. The summed E-state index contributed by atoms with van der Waals surface area (Å²) in [5.41, 5.74) is 1.49. The normalized spacial score (nSPS) is 23.8. The molecular formula is C16H20N4O3. The molecule has 2 atom stereocenters. The Morgan fingerprint density at radius 3 is 2.17 bits per heavy atom. The van der Waals surface area contributed by atoms with Crippen molar-refractivity contribution < 1.29 is 14.4 Å². The molecule has 0 aromatic carbocycles. The average molecular weight is 316 g/mol. The number of imide groups is 1. The summed E-state index contributed by atoms with van der Waals surface area (Å²) in [5, 5.41) is 2.57. The lowest BCUT2D eigenvalue weighted by atomic mass is 9.81. The highest BCUT2D eigenvalue weighted by Crippen LogP contribution is 2.37. The van der Waals surface area contributed by atoms with Crippen molar-refractivity contribution in [1.82, 2.24) is 14.9 Å². The lowest BCUT2D eigenvalue weighted by Gasteiger charge is -2.19. The number of amides is 3. The molecule has 2 heterocycles. The van der Waals surface area contributed by atoms with Crippen molar-refractivity contribution in [3.05, 3.63) is 17.5 Å². The molecule has 7 nitrogen and oxygen atoms in total. The molecule has 1 aromatic rings. The lowest BCUT2D eigenvalue weighted by Crippen LogP contribution is -2.38. The number of anilines is 1. The van der Waals surface area contributed by atoms with Crippen molar-refractivity contribution in [2.75, 3.05) is 11.9 Å². The molecule has 1 aromatic heterocycles. The van der Waals surface area contributed by atoms with E-state index in [9.17, 15) is 14.4 Å². The average Bonchev–Trinajstić information content (AvgIpc) is 2.72. The molecule has 0 unspecified atom stereocenters. The SMILES string of the molecule is Cc1cc(C)nc(NC(=O)CN2C(=O)[C@H]3CCCC[C@@H]3C2=O)n1. The first kappa shape index (κ1) is 15.6. The van der Waals surface area contributed by atoms with Crippen molar-refractivity contribution in [3.8, 4) is 0 Å². The molecule has 2 aliphatic rings. The molecule has 7 heteroatoms. The van der Waals surface area contributed by atoms with Crippen LogP contribution in [0.3, 0.4) is 0 Å². The van der Waals surface area contributed by atoms with Crippen LogP contribution in [0.15, 0.2) is 6.07 Å². The van der Waals surface area contributed by atoms with Crippen LogP contribution >= 0.6 is 0 Å². The second-order valence-electron chi connectivity index (χ2n) is 6.28. The van der Waals surface area contributed by atoms with Crippen LogP contribution in [-0.2, 0) is 14.4 Å². The number of hydrogen-bond donors (Lipinski definition) is 1. The summed E-state index contributed by atoms with van der Waals surface area (Å²) >= 11 is 0. The van der Waals surface area contributed by atoms with Crippen molar-refractivity contribution >= 4 is 23.7 Å². The maximum Gasteiger partial charge on any atom is 0.246 e. The van der Waals surface area contributed by atoms with E-state index in [0.29, 0.717) is 0 Å². The second-order valence-corrected chi connectivity index (χ2v) is 6.28. The molecule has 1 saturated carbocycles. The molecule has 1 N–H and O–H groups in total. The molecule has 122 valence electrons. The third kappa shape index (κ3) is 3.09. The van der Waals surface area contributed by atoms with E-state index in [0.717, 1.165) is 42.0 Å². The van der Waals surface area contributed by atoms with Crippen molar-refractivity contribution in [1.29, 1.82) is 0 Å². The van der Waals surface area contributed by atoms with Gasteiger partial charge in [0.15, 0.2) is 0 Å². The molecule has 3 rings (SSSR count). The van der Waals surface area contributed by atoms with Crippen LogP contribution in [-0.4, -0.2) is 39.1 Å². The van der Waals surface area contributed by atoms with Gasteiger partial charge in [-0.3, -0.25) is 24.6 Å². The first-order valence-electron chi connectivity index (χ1n) is 7.93. The van der Waals surface area contributed by atoms with E-state index >= 15 is 0 Å². The summed E-state index contributed by atoms with van der Waals surface area (Å²) in [4.78, 5) is 46.2. The number of aryl methyl sites for hydroxylation is 2. The largest absolute Gasteiger partial charge is 0.293 e. The third-order valence-electron chi connectivity index (χ3n) is 4.47. The molecule has 1 aliphatic carbocycles. The second kappa shape index (κ2) is 6.06. The summed E-state index contributed by atoms with van der Waals surface area (Å²) in [5.74, 6) is -1.14. The molecule has 0 radical (unpaired) electrons. The van der Waals surface area contributed by atoms with Crippen molar-refractivity contribution in [3.63, 3.8) is 0 Å². The van der Waals surface area contributed by atoms with Crippen LogP contribution in [0.5, 0.6) is 0 Å². The summed E-state index contributed by atoms with van der Waals surface area (Å²) in [6.07, 6.45) is 3.42. The Labute approximate surface area is 134 Å². The zero-order valence-electron chi connectivity index (χ0n) is 13.3. The highest BCUT2D eigenvalue weighted by atomic mass is 16.2. The van der Waals surface area contributed by atoms with E-state index in [1.807, 2.05) is 13.8 Å². The number of nitrogens with zero attached hydrogens (tertiary/aromatic N) is 3. The van der Waals surface area contributed by atoms with Crippen molar-refractivity contribution in [2.45, 2.75) is 39.5 Å². The number of carbonyl (C=O) groups excluding carboxylic acids is 3. The van der Waals surface area contributed by atoms with Gasteiger partial charge in [0.1, 0.15) is 6.54 Å². The van der Waals surface area contributed by atoms with Gasteiger partial charge in [-0.15, -0.1) is 0 Å². The Morgan fingerprint density at radius 1 is 1.13 bits per heavy atom. The summed E-state index contributed by atoms with van der Waals surface area (Å²) in [7, 11) is 0. The Balaban J connectivity index is 1.67. The van der Waals surface area contributed by atoms with Gasteiger partial charge in [-0.2, -0.15) is 0 Å². The highest BCUT2D eigenvalue weighted by Gasteiger charge is 2.48. The smallest absolute Gasteiger partial charge is 0.246 e. The predicted molar refractivity (Wildman–Crippen MR) is 82.3 cm³/mol. The van der Waals surface area contributed by atoms with Crippen LogP contribution in [0.25, 0.3) is 0 Å². The molecule has 3 amide bonds. The Bertz CT molecular complexity index is 629. The van der Waals surface area contributed by atoms with E-state index in [4.69, 9.17) is 0 Å². The number of hydrogen-bond acceptors (Lipinski definition) is 5. The van der Waals surface area contributed by atoms with E-state index in [1.54, 1.807) is 6.07 Å². The summed E-state index contributed by atoms with van der Waals surface area (Å²) in [6.45, 7) is 3.35. The van der Waals surface area contributed by atoms with E-state index < -0.39 is 5.91 Å². The van der Waals surface area contributed by atoms with Crippen LogP contribution in [0.4, 0.5) is 5.95 Å². The fourth-order valence-electron chi connectivity index (χ4n) is 3.48. The number of aromatic nitrogens is 2. The molecule has 0 spiro atoms. The minimum atomic E-state index is -0.449. The highest BCUT2D eigenvalue weighted by molar-refractivity contribution is 6.08. The van der Waals surface area contributed by atoms with Gasteiger partial charge in [-0.05, 0) is 32.8 Å². The molecule has 2 fully saturated rings. The predicted octanol–water partition coefficient (Wildman–Crippen LogP) is 1.21. The Morgan fingerprint density at radius 2 is 1.65 bits per heavy atom. The van der Waals surface area contributed by atoms with Crippen molar-refractivity contribution in [2.24, 2.45) is 11.8 Å². The van der Waals surface area contributed by atoms with Gasteiger partial charge in [0, 0.05) is 11.4 Å². The minimum absolute atomic E-state index is 0.198. The van der Waals surface area contributed by atoms with Crippen LogP contribution in [0.1, 0.15) is 37.1 Å². The van der Waals surface area contributed by atoms with Crippen LogP contribution < -0.4 is 5.32 Å². The Kier molecular flexibility index (Phi) is 4.11. The quantitative estimate of drug-likeness (QED) is 0.846. The molecule has 1 aliphatic heterocycles. The fourth-order valence-corrected chi connectivity index (χ4v) is 3.48. The minimum Gasteiger partial charge on any atom is -0.293 e. The number of nitrogens with one attached hydrogen (secondary N) is 1. The third-order valence-corrected chi connectivity index (χ3v) is 4.47. The summed E-state index contributed by atoms with van der Waals surface area (Å²) in [6, 6.07) is 1.80. The van der Waals surface area contributed by atoms with Gasteiger partial charge in [-0.25, -0.2) is 9.97 Å². The fraction of sp³-hybridized carbons (Fsp3) is 0.562. The van der Waals surface area contributed by atoms with Crippen LogP contribution in [0, 0.1) is 25.7 Å². The topological polar surface area (TPSA) is 92.3 Å². The van der Waals surface area contributed by atoms with E-state index in [2.05, 4.69) is 15.3 Å². The van der Waals surface area contributed by atoms with Crippen LogP contribution in [0.2, 0.25) is 0 Å². The van der Waals surface area contributed by atoms with Gasteiger partial charge in [0.2, 0.25) is 23.7 Å². The molecule has 1 saturated heterocycles. The van der Waals surface area contributed by atoms with Gasteiger partial charge in [0.05, 0.1) is 11.8 Å². The molecular weight excluding hydrogens is 296 g/mol. The van der Waals surface area contributed by atoms with Gasteiger partial charge in [-0.1, -0.05) is 12.8 Å².